The van der Waals surface area contributed by atoms with Gasteiger partial charge in [-0.15, -0.1) is 0 Å². The van der Waals surface area contributed by atoms with Crippen LogP contribution in [-0.4, -0.2) is 230 Å². The molecule has 2 aromatic carbocycles. The Balaban J connectivity index is 2.22. The van der Waals surface area contributed by atoms with Gasteiger partial charge in [0.1, 0.15) is 23.9 Å². The number of aliphatic carboxylic acids is 2. The molecular formula is C86H133N17O23. The van der Waals surface area contributed by atoms with Crippen molar-refractivity contribution < 1.29 is 112 Å². The van der Waals surface area contributed by atoms with Crippen LogP contribution < -0.4 is 82.3 Å². The number of hydrogen-bond donors (Lipinski definition) is 20. The van der Waals surface area contributed by atoms with Crippen molar-refractivity contribution in [1.82, 2.24) is 47.9 Å². The summed E-state index contributed by atoms with van der Waals surface area (Å²) in [6.45, 7) is 10.2. The number of aliphatic imine (C=N–C) groups is 2. The average Bonchev–Trinajstić information content (AvgIpc) is 0.834. The van der Waals surface area contributed by atoms with Crippen LogP contribution in [0.4, 0.5) is 0 Å². The largest absolute Gasteiger partial charge is 0.508 e. The summed E-state index contributed by atoms with van der Waals surface area (Å²) < 4.78 is 0. The van der Waals surface area contributed by atoms with Gasteiger partial charge < -0.3 is 108 Å². The summed E-state index contributed by atoms with van der Waals surface area (Å²) in [7, 11) is 0. The number of Topliss-reactive ketones (excluding diaryl/α,β-unsaturated/α-hetero) is 6. The molecule has 10 amide bonds. The number of benzene rings is 2. The molecule has 0 aliphatic carbocycles. The van der Waals surface area contributed by atoms with Crippen LogP contribution in [0, 0.1) is 53.3 Å². The molecule has 40 nitrogen and oxygen atoms in total. The van der Waals surface area contributed by atoms with Crippen molar-refractivity contribution in [2.45, 2.75) is 257 Å². The Kier molecular flexibility index (Phi) is 48.5. The Hall–Kier alpha value is -11.7. The van der Waals surface area contributed by atoms with E-state index in [1.54, 1.807) is 70.2 Å². The van der Waals surface area contributed by atoms with Crippen LogP contribution in [0.2, 0.25) is 0 Å². The number of hydrogen-bond acceptors (Lipinski definition) is 24. The van der Waals surface area contributed by atoms with E-state index in [2.05, 4.69) is 57.8 Å². The number of phenolic OH excluding ortho intramolecular Hbond substituents is 1. The third-order valence-corrected chi connectivity index (χ3v) is 21.8. The quantitative estimate of drug-likeness (QED) is 0.0215. The van der Waals surface area contributed by atoms with Crippen LogP contribution in [-0.2, 0) is 99.1 Å². The van der Waals surface area contributed by atoms with Gasteiger partial charge in [-0.1, -0.05) is 117 Å². The number of phenols is 1. The second-order valence-electron chi connectivity index (χ2n) is 33.4. The number of aromatic hydroxyl groups is 1. The molecule has 700 valence electrons. The fourth-order valence-corrected chi connectivity index (χ4v) is 14.2. The summed E-state index contributed by atoms with van der Waals surface area (Å²) >= 11 is 0. The highest BCUT2D eigenvalue weighted by Gasteiger charge is 2.40. The normalized spacial score (nSPS) is 20.0. The van der Waals surface area contributed by atoms with E-state index in [1.165, 1.54) is 26.0 Å². The SMILES string of the molecule is CCC(C)[C@@H](NC(=O)[C@@H](CCCN=C(N)N)CC(=O)[C@@H](CC(C)C)NC(=O)[C@@H](N)Cc1ccc(O)cc1)C(=O)C[C@@H](C(=O)N[C@H](CCC(N)=O)C(=O)C[C@@H]1CCCC[C@@H](C(=O)CCC(=O)N[C@@H](Cc2ccccc2)C(=O)O)NC(=O)C(CO)CC(=O)CNC(=O)[C@H](CCC(=O)O)NC(=O)[C@@H](C(C)C)NC(=O)[C@@H](CO)CC(=O)[C@@H](CCCN=C(N)N)NC1=O)C(C)C. The zero-order valence-electron chi connectivity index (χ0n) is 73.3. The second-order valence-corrected chi connectivity index (χ2v) is 33.4. The first-order valence-electron chi connectivity index (χ1n) is 42.9. The molecule has 1 saturated heterocycles. The number of carboxylic acids is 2. The molecule has 126 heavy (non-hydrogen) atoms. The van der Waals surface area contributed by atoms with Gasteiger partial charge in [-0.05, 0) is 111 Å². The van der Waals surface area contributed by atoms with E-state index in [4.69, 9.17) is 34.4 Å². The van der Waals surface area contributed by atoms with Crippen molar-refractivity contribution in [1.29, 1.82) is 0 Å². The fourth-order valence-electron chi connectivity index (χ4n) is 14.2. The predicted octanol–water partition coefficient (Wildman–Crippen LogP) is -0.989. The lowest BCUT2D eigenvalue weighted by Crippen LogP contribution is -2.56. The number of guanidine groups is 2. The van der Waals surface area contributed by atoms with Gasteiger partial charge in [-0.3, -0.25) is 91.5 Å². The number of rotatable bonds is 47. The van der Waals surface area contributed by atoms with Crippen molar-refractivity contribution in [3.8, 4) is 5.75 Å². The van der Waals surface area contributed by atoms with Gasteiger partial charge >= 0.3 is 11.9 Å². The summed E-state index contributed by atoms with van der Waals surface area (Å²) in [6, 6.07) is 1.29. The maximum Gasteiger partial charge on any atom is 0.326 e. The third-order valence-electron chi connectivity index (χ3n) is 21.8. The number of nitrogens with one attached hydrogen (secondary N) is 9. The smallest absolute Gasteiger partial charge is 0.326 e. The number of ketones is 6. The highest BCUT2D eigenvalue weighted by molar-refractivity contribution is 6.01. The highest BCUT2D eigenvalue weighted by atomic mass is 16.4. The second kappa shape index (κ2) is 56.3. The lowest BCUT2D eigenvalue weighted by Gasteiger charge is -2.29. The van der Waals surface area contributed by atoms with Crippen LogP contribution in [0.5, 0.6) is 5.75 Å². The molecule has 40 heteroatoms. The fraction of sp³-hybridized carbons (Fsp3) is 0.628. The number of nitrogens with two attached hydrogens (primary N) is 6. The topological polar surface area (TPSA) is 698 Å². The molecule has 1 aliphatic heterocycles. The Labute approximate surface area is 733 Å². The Morgan fingerprint density at radius 1 is 0.556 bits per heavy atom. The number of primary amides is 1. The van der Waals surface area contributed by atoms with Crippen LogP contribution in [0.15, 0.2) is 64.6 Å². The molecule has 1 heterocycles. The Bertz CT molecular complexity index is 4080. The maximum absolute atomic E-state index is 15.3. The Morgan fingerprint density at radius 3 is 1.72 bits per heavy atom. The molecule has 2 unspecified atom stereocenters. The van der Waals surface area contributed by atoms with Crippen molar-refractivity contribution >= 4 is 118 Å². The average molecular weight is 1770 g/mol. The summed E-state index contributed by atoms with van der Waals surface area (Å²) in [4.78, 5) is 261. The first-order valence-corrected chi connectivity index (χ1v) is 42.9. The van der Waals surface area contributed by atoms with E-state index in [0.29, 0.717) is 17.5 Å². The molecule has 15 atom stereocenters. The number of amides is 10. The molecule has 2 aromatic rings. The maximum atomic E-state index is 15.3. The molecular weight excluding hydrogens is 1640 g/mol. The highest BCUT2D eigenvalue weighted by Crippen LogP contribution is 2.27. The number of aliphatic hydroxyl groups excluding tert-OH is 2. The molecule has 0 spiro atoms. The van der Waals surface area contributed by atoms with Crippen LogP contribution in [0.3, 0.4) is 0 Å². The van der Waals surface area contributed by atoms with E-state index in [0.717, 1.165) is 0 Å². The minimum atomic E-state index is -1.69. The number of carboxylic acid groups (broad SMARTS) is 2. The minimum Gasteiger partial charge on any atom is -0.508 e. The number of carbonyl (C=O) groups is 18. The summed E-state index contributed by atoms with van der Waals surface area (Å²) in [6.07, 6.45) is -7.75. The van der Waals surface area contributed by atoms with Crippen LogP contribution in [0.25, 0.3) is 0 Å². The van der Waals surface area contributed by atoms with E-state index >= 15 is 9.59 Å². The van der Waals surface area contributed by atoms with Crippen molar-refractivity contribution in [3.05, 3.63) is 65.7 Å². The van der Waals surface area contributed by atoms with Gasteiger partial charge in [0.05, 0.1) is 67.8 Å². The Morgan fingerprint density at radius 2 is 1.14 bits per heavy atom. The first-order chi connectivity index (χ1) is 59.4. The zero-order valence-corrected chi connectivity index (χ0v) is 73.3. The monoisotopic (exact) mass is 1770 g/mol. The van der Waals surface area contributed by atoms with Gasteiger partial charge in [-0.25, -0.2) is 4.79 Å². The van der Waals surface area contributed by atoms with Gasteiger partial charge in [-0.2, -0.15) is 0 Å². The molecule has 0 aromatic heterocycles. The number of aliphatic hydroxyl groups is 2. The van der Waals surface area contributed by atoms with Crippen molar-refractivity contribution in [2.75, 3.05) is 32.8 Å². The lowest BCUT2D eigenvalue weighted by molar-refractivity contribution is -0.142. The molecule has 0 saturated carbocycles. The van der Waals surface area contributed by atoms with Crippen molar-refractivity contribution in [3.63, 3.8) is 0 Å². The minimum absolute atomic E-state index is 0.00280. The molecule has 3 rings (SSSR count). The molecule has 0 bridgehead atoms. The molecule has 1 aliphatic rings. The van der Waals surface area contributed by atoms with Crippen LogP contribution >= 0.6 is 0 Å². The van der Waals surface area contributed by atoms with Gasteiger partial charge in [0.2, 0.25) is 59.1 Å². The molecule has 1 fully saturated rings. The number of carbonyl (C=O) groups excluding carboxylic acids is 16. The van der Waals surface area contributed by atoms with Gasteiger partial charge in [0, 0.05) is 95.1 Å². The number of nitrogens with zero attached hydrogens (tertiary/aromatic N) is 2. The zero-order chi connectivity index (χ0) is 94.6. The summed E-state index contributed by atoms with van der Waals surface area (Å²) in [5.74, 6) is -27.1. The van der Waals surface area contributed by atoms with E-state index < -0.39 is 298 Å². The lowest BCUT2D eigenvalue weighted by atomic mass is 9.83. The third kappa shape index (κ3) is 40.5. The molecule has 0 radical (unpaired) electrons. The summed E-state index contributed by atoms with van der Waals surface area (Å²) in [5.41, 5.74) is 35.6. The summed E-state index contributed by atoms with van der Waals surface area (Å²) in [5, 5.41) is 73.8. The first kappa shape index (κ1) is 108. The van der Waals surface area contributed by atoms with Crippen LogP contribution in [0.1, 0.15) is 201 Å². The van der Waals surface area contributed by atoms with E-state index in [-0.39, 0.29) is 107 Å². The molecule has 26 N–H and O–H groups in total. The van der Waals surface area contributed by atoms with Gasteiger partial charge in [0.15, 0.2) is 46.6 Å². The van der Waals surface area contributed by atoms with Gasteiger partial charge in [0.25, 0.3) is 0 Å². The predicted molar refractivity (Wildman–Crippen MR) is 462 cm³/mol. The van der Waals surface area contributed by atoms with E-state index in [9.17, 15) is 102 Å². The standard InChI is InChI=1S/C86H133N17O23/c1-9-49(8)75(103-77(118)53(20-15-33-93-85(89)90)40-69(111)64(35-46(2)3)101-81(122)59(87)36-51-23-25-56(106)26-24-51)70(112)42-58(47(4)5)80(121)99-62(27-30-71(88)113)67(109)39-52-19-13-14-21-60(66(108)29-31-72(114)96-65(84(125)126)37-50-17-11-10-12-18-50)97-78(119)54(44-104)38-57(107)43-95-82(123)63(28-32-73(115)116)100-83(124)74(48(6)7)102-79(120)55(45-105)41-68(110)61(98-76(52)117)22-16-34-94-86(91)92/h10-12,17-18,23-26,46-49,52-55,58-65,74-75,104-106H,9,13-16,19-22,27-45,87H2,1-8H3,(H2,88,113)(H,95,123)(H,96,114)(H,97,119)(H,98,117)(H,99,121)(H,100,124)(H,101,122)(H,102,120)(H,103,118)(H,115,116)(H,125,126)(H4,89,90,93)(H4,91,92,94)/t49?,52-,53-,54?,55+,58+,59-,60-,61+,62+,63-,64+,65-,74+,75+/m0/s1. The van der Waals surface area contributed by atoms with E-state index in [1.807, 2.05) is 13.8 Å². The van der Waals surface area contributed by atoms with Crippen molar-refractivity contribution in [2.24, 2.45) is 97.6 Å².